The molecule has 7 heteroatoms. The average Bonchev–Trinajstić information content (AvgIpc) is 2.99. The number of carbonyl (C=O) groups excluding carboxylic acids is 4. The summed E-state index contributed by atoms with van der Waals surface area (Å²) < 4.78 is 11.9. The van der Waals surface area contributed by atoms with E-state index in [1.54, 1.807) is 13.8 Å². The van der Waals surface area contributed by atoms with E-state index < -0.39 is 17.4 Å². The molecular weight excluding hydrogens is 398 g/mol. The van der Waals surface area contributed by atoms with Crippen LogP contribution < -0.4 is 0 Å². The van der Waals surface area contributed by atoms with Gasteiger partial charge in [0.05, 0.1) is 24.3 Å². The van der Waals surface area contributed by atoms with E-state index in [0.717, 1.165) is 5.56 Å². The van der Waals surface area contributed by atoms with Gasteiger partial charge in [-0.2, -0.15) is 0 Å². The van der Waals surface area contributed by atoms with Gasteiger partial charge in [-0.05, 0) is 24.8 Å². The van der Waals surface area contributed by atoms with Crippen molar-refractivity contribution in [1.29, 1.82) is 0 Å². The first-order chi connectivity index (χ1) is 14.7. The van der Waals surface area contributed by atoms with Crippen molar-refractivity contribution in [3.8, 4) is 0 Å². The molecule has 7 nitrogen and oxygen atoms in total. The number of hydrogen-bond acceptors (Lipinski definition) is 6. The molecule has 0 radical (unpaired) electrons. The normalized spacial score (nSPS) is 15.2. The van der Waals surface area contributed by atoms with E-state index >= 15 is 0 Å². The molecular formula is C24H27NO6. The van der Waals surface area contributed by atoms with Crippen LogP contribution in [0.15, 0.2) is 30.3 Å². The van der Waals surface area contributed by atoms with Crippen LogP contribution in [-0.2, 0) is 16.0 Å². The number of rotatable bonds is 6. The van der Waals surface area contributed by atoms with E-state index in [1.807, 2.05) is 44.2 Å². The van der Waals surface area contributed by atoms with Crippen molar-refractivity contribution in [2.24, 2.45) is 5.41 Å². The lowest BCUT2D eigenvalue weighted by Gasteiger charge is -2.20. The molecule has 164 valence electrons. The highest BCUT2D eigenvalue weighted by Crippen LogP contribution is 2.38. The number of nitrogens with zero attached hydrogens (tertiary/aromatic N) is 1. The van der Waals surface area contributed by atoms with Crippen LogP contribution in [0.4, 0.5) is 0 Å². The van der Waals surface area contributed by atoms with Crippen molar-refractivity contribution >= 4 is 23.5 Å². The Morgan fingerprint density at radius 2 is 1.32 bits per heavy atom. The first-order valence-corrected chi connectivity index (χ1v) is 10.4. The Labute approximate surface area is 181 Å². The maximum absolute atomic E-state index is 13.3. The summed E-state index contributed by atoms with van der Waals surface area (Å²) >= 11 is 0. The molecule has 0 saturated heterocycles. The molecule has 0 bridgehead atoms. The van der Waals surface area contributed by atoms with E-state index in [1.165, 1.54) is 4.57 Å². The molecule has 3 rings (SSSR count). The van der Waals surface area contributed by atoms with E-state index in [4.69, 9.17) is 9.47 Å². The van der Waals surface area contributed by atoms with Crippen LogP contribution in [0, 0.1) is 5.41 Å². The van der Waals surface area contributed by atoms with Crippen molar-refractivity contribution in [2.45, 2.75) is 47.1 Å². The molecule has 0 unspecified atom stereocenters. The van der Waals surface area contributed by atoms with Gasteiger partial charge in [-0.3, -0.25) is 9.59 Å². The molecule has 0 fully saturated rings. The number of aromatic nitrogens is 1. The lowest BCUT2D eigenvalue weighted by Crippen LogP contribution is -2.23. The summed E-state index contributed by atoms with van der Waals surface area (Å²) in [7, 11) is 0. The SMILES string of the molecule is CCOC(=O)c1c2c(c(C(=O)OCC)n1Cc1ccccc1)C(=O)CC(C)(C)CC2=O. The van der Waals surface area contributed by atoms with E-state index in [-0.39, 0.29) is 66.7 Å². The molecule has 1 aliphatic rings. The van der Waals surface area contributed by atoms with Crippen LogP contribution in [0.1, 0.15) is 87.8 Å². The predicted octanol–water partition coefficient (Wildman–Crippen LogP) is 4.08. The Morgan fingerprint density at radius 1 is 0.871 bits per heavy atom. The minimum absolute atomic E-state index is 0.0343. The third kappa shape index (κ3) is 4.45. The van der Waals surface area contributed by atoms with Gasteiger partial charge in [-0.25, -0.2) is 9.59 Å². The summed E-state index contributed by atoms with van der Waals surface area (Å²) in [6.45, 7) is 7.24. The summed E-state index contributed by atoms with van der Waals surface area (Å²) in [5.41, 5.74) is -0.00733. The molecule has 31 heavy (non-hydrogen) atoms. The van der Waals surface area contributed by atoms with Gasteiger partial charge in [0.25, 0.3) is 0 Å². The molecule has 0 spiro atoms. The van der Waals surface area contributed by atoms with Crippen molar-refractivity contribution in [3.05, 3.63) is 58.4 Å². The second kappa shape index (κ2) is 8.88. The molecule has 1 heterocycles. The third-order valence-corrected chi connectivity index (χ3v) is 5.22. The Hall–Kier alpha value is -3.22. The number of esters is 2. The number of carbonyl (C=O) groups is 4. The molecule has 0 saturated carbocycles. The Balaban J connectivity index is 2.35. The van der Waals surface area contributed by atoms with Crippen LogP contribution in [0.2, 0.25) is 0 Å². The van der Waals surface area contributed by atoms with Gasteiger partial charge in [0.1, 0.15) is 11.4 Å². The van der Waals surface area contributed by atoms with Gasteiger partial charge >= 0.3 is 11.9 Å². The van der Waals surface area contributed by atoms with Crippen molar-refractivity contribution in [1.82, 2.24) is 4.57 Å². The van der Waals surface area contributed by atoms with E-state index in [9.17, 15) is 19.2 Å². The summed E-state index contributed by atoms with van der Waals surface area (Å²) in [4.78, 5) is 52.5. The number of hydrogen-bond donors (Lipinski definition) is 0. The Morgan fingerprint density at radius 3 is 1.74 bits per heavy atom. The molecule has 1 aromatic carbocycles. The number of ether oxygens (including phenoxy) is 2. The van der Waals surface area contributed by atoms with Gasteiger partial charge in [0.15, 0.2) is 11.6 Å². The monoisotopic (exact) mass is 425 g/mol. The highest BCUT2D eigenvalue weighted by Gasteiger charge is 2.42. The van der Waals surface area contributed by atoms with Crippen molar-refractivity contribution < 1.29 is 28.7 Å². The fraction of sp³-hybridized carbons (Fsp3) is 0.417. The molecule has 0 atom stereocenters. The standard InChI is InChI=1S/C24H27NO6/c1-5-30-22(28)20-18-16(26)12-24(3,4)13-17(27)19(18)21(23(29)31-6-2)25(20)14-15-10-8-7-9-11-15/h7-11H,5-6,12-14H2,1-4H3. The lowest BCUT2D eigenvalue weighted by atomic mass is 9.83. The van der Waals surface area contributed by atoms with Crippen LogP contribution in [-0.4, -0.2) is 41.3 Å². The summed E-state index contributed by atoms with van der Waals surface area (Å²) in [5, 5.41) is 0. The molecule has 0 N–H and O–H groups in total. The third-order valence-electron chi connectivity index (χ3n) is 5.22. The molecule has 0 amide bonds. The van der Waals surface area contributed by atoms with Crippen molar-refractivity contribution in [3.63, 3.8) is 0 Å². The van der Waals surface area contributed by atoms with Gasteiger partial charge in [-0.1, -0.05) is 44.2 Å². The number of benzene rings is 1. The van der Waals surface area contributed by atoms with Gasteiger partial charge < -0.3 is 14.0 Å². The first kappa shape index (κ1) is 22.5. The molecule has 1 aromatic heterocycles. The minimum atomic E-state index is -0.744. The zero-order valence-electron chi connectivity index (χ0n) is 18.3. The van der Waals surface area contributed by atoms with Crippen LogP contribution >= 0.6 is 0 Å². The topological polar surface area (TPSA) is 91.7 Å². The van der Waals surface area contributed by atoms with Crippen LogP contribution in [0.25, 0.3) is 0 Å². The zero-order chi connectivity index (χ0) is 22.8. The van der Waals surface area contributed by atoms with E-state index in [0.29, 0.717) is 0 Å². The first-order valence-electron chi connectivity index (χ1n) is 10.4. The Bertz CT molecular complexity index is 973. The average molecular weight is 425 g/mol. The van der Waals surface area contributed by atoms with Gasteiger partial charge in [0.2, 0.25) is 0 Å². The predicted molar refractivity (Wildman–Crippen MR) is 114 cm³/mol. The van der Waals surface area contributed by atoms with E-state index in [2.05, 4.69) is 0 Å². The number of ketones is 2. The highest BCUT2D eigenvalue weighted by atomic mass is 16.5. The largest absolute Gasteiger partial charge is 0.461 e. The maximum Gasteiger partial charge on any atom is 0.355 e. The number of fused-ring (bicyclic) bond motifs is 1. The summed E-state index contributed by atoms with van der Waals surface area (Å²) in [6.07, 6.45) is 0.158. The minimum Gasteiger partial charge on any atom is -0.461 e. The number of Topliss-reactive ketones (excluding diaryl/α,β-unsaturated/α-hetero) is 2. The molecule has 2 aromatic rings. The summed E-state index contributed by atoms with van der Waals surface area (Å²) in [6, 6.07) is 9.18. The second-order valence-corrected chi connectivity index (χ2v) is 8.32. The smallest absolute Gasteiger partial charge is 0.355 e. The maximum atomic E-state index is 13.3. The van der Waals surface area contributed by atoms with Crippen molar-refractivity contribution in [2.75, 3.05) is 13.2 Å². The van der Waals surface area contributed by atoms with Crippen LogP contribution in [0.3, 0.4) is 0 Å². The van der Waals surface area contributed by atoms with Gasteiger partial charge in [0, 0.05) is 19.4 Å². The fourth-order valence-corrected chi connectivity index (χ4v) is 4.02. The summed E-state index contributed by atoms with van der Waals surface area (Å²) in [5.74, 6) is -2.20. The van der Waals surface area contributed by atoms with Gasteiger partial charge in [-0.15, -0.1) is 0 Å². The zero-order valence-corrected chi connectivity index (χ0v) is 18.3. The highest BCUT2D eigenvalue weighted by molar-refractivity contribution is 6.20. The Kier molecular flexibility index (Phi) is 6.43. The molecule has 0 aliphatic heterocycles. The van der Waals surface area contributed by atoms with Crippen LogP contribution in [0.5, 0.6) is 0 Å². The molecule has 1 aliphatic carbocycles. The fourth-order valence-electron chi connectivity index (χ4n) is 4.02. The quantitative estimate of drug-likeness (QED) is 0.512. The second-order valence-electron chi connectivity index (χ2n) is 8.32. The lowest BCUT2D eigenvalue weighted by molar-refractivity contribution is 0.0498.